The van der Waals surface area contributed by atoms with Crippen molar-refractivity contribution in [2.24, 2.45) is 0 Å². The number of hydrogen-bond acceptors (Lipinski definition) is 4. The number of cyclic esters (lactones) is 1. The summed E-state index contributed by atoms with van der Waals surface area (Å²) in [6.45, 7) is 0.809. The van der Waals surface area contributed by atoms with E-state index in [4.69, 9.17) is 4.74 Å². The van der Waals surface area contributed by atoms with E-state index in [1.165, 1.54) is 0 Å². The highest BCUT2D eigenvalue weighted by Crippen LogP contribution is 2.16. The Morgan fingerprint density at radius 1 is 1.50 bits per heavy atom. The molecule has 86 valence electrons. The molecule has 1 N–H and O–H groups in total. The molecule has 0 bridgehead atoms. The Bertz CT molecular complexity index is 356. The predicted octanol–water partition coefficient (Wildman–Crippen LogP) is 0.785. The molecule has 0 aliphatic carbocycles. The molecule has 1 aliphatic heterocycles. The van der Waals surface area contributed by atoms with Gasteiger partial charge in [-0.3, -0.25) is 9.88 Å². The molecule has 1 aliphatic rings. The van der Waals surface area contributed by atoms with Crippen molar-refractivity contribution in [3.05, 3.63) is 30.1 Å². The standard InChI is InChI=1S/C11H14N2O3/c14-8-10-3-6-16-11(15)13(10)7-9-1-4-12-5-2-9/h1-2,4-5,10,14H,3,6-8H2. The van der Waals surface area contributed by atoms with E-state index in [2.05, 4.69) is 4.98 Å². The predicted molar refractivity (Wildman–Crippen MR) is 56.6 cm³/mol. The van der Waals surface area contributed by atoms with Gasteiger partial charge in [0.25, 0.3) is 0 Å². The van der Waals surface area contributed by atoms with Crippen LogP contribution >= 0.6 is 0 Å². The molecule has 2 heterocycles. The van der Waals surface area contributed by atoms with Crippen molar-refractivity contribution < 1.29 is 14.6 Å². The lowest BCUT2D eigenvalue weighted by molar-refractivity contribution is 0.0216. The van der Waals surface area contributed by atoms with Crippen molar-refractivity contribution in [3.8, 4) is 0 Å². The van der Waals surface area contributed by atoms with Crippen molar-refractivity contribution in [3.63, 3.8) is 0 Å². The van der Waals surface area contributed by atoms with Crippen LogP contribution in [-0.2, 0) is 11.3 Å². The van der Waals surface area contributed by atoms with Crippen LogP contribution in [0.2, 0.25) is 0 Å². The van der Waals surface area contributed by atoms with Crippen LogP contribution in [0, 0.1) is 0 Å². The fourth-order valence-corrected chi connectivity index (χ4v) is 1.74. The lowest BCUT2D eigenvalue weighted by atomic mass is 10.1. The number of aliphatic hydroxyl groups is 1. The van der Waals surface area contributed by atoms with Crippen molar-refractivity contribution in [2.45, 2.75) is 19.0 Å². The molecule has 1 unspecified atom stereocenters. The van der Waals surface area contributed by atoms with E-state index >= 15 is 0 Å². The number of amides is 1. The molecule has 1 amide bonds. The minimum absolute atomic E-state index is 0.0276. The van der Waals surface area contributed by atoms with Crippen molar-refractivity contribution in [1.29, 1.82) is 0 Å². The Balaban J connectivity index is 2.08. The first-order valence-electron chi connectivity index (χ1n) is 5.24. The monoisotopic (exact) mass is 222 g/mol. The third kappa shape index (κ3) is 2.30. The van der Waals surface area contributed by atoms with Crippen LogP contribution in [0.1, 0.15) is 12.0 Å². The highest BCUT2D eigenvalue weighted by atomic mass is 16.6. The van der Waals surface area contributed by atoms with Crippen LogP contribution in [0.3, 0.4) is 0 Å². The SMILES string of the molecule is O=C1OCCC(CO)N1Cc1ccncc1. The summed E-state index contributed by atoms with van der Waals surface area (Å²) in [5.41, 5.74) is 0.979. The van der Waals surface area contributed by atoms with Gasteiger partial charge in [0.15, 0.2) is 0 Å². The molecule has 0 aromatic carbocycles. The Hall–Kier alpha value is -1.62. The molecule has 1 aromatic heterocycles. The summed E-state index contributed by atoms with van der Waals surface area (Å²) < 4.78 is 4.96. The van der Waals surface area contributed by atoms with Crippen LogP contribution in [0.4, 0.5) is 4.79 Å². The second-order valence-electron chi connectivity index (χ2n) is 3.72. The van der Waals surface area contributed by atoms with Gasteiger partial charge >= 0.3 is 6.09 Å². The van der Waals surface area contributed by atoms with E-state index in [9.17, 15) is 9.90 Å². The number of nitrogens with zero attached hydrogens (tertiary/aromatic N) is 2. The first-order chi connectivity index (χ1) is 7.81. The minimum atomic E-state index is -0.359. The number of aromatic nitrogens is 1. The van der Waals surface area contributed by atoms with Gasteiger partial charge in [-0.15, -0.1) is 0 Å². The van der Waals surface area contributed by atoms with Gasteiger partial charge in [-0.05, 0) is 17.7 Å². The largest absolute Gasteiger partial charge is 0.449 e. The summed E-state index contributed by atoms with van der Waals surface area (Å²) in [6, 6.07) is 3.54. The zero-order valence-electron chi connectivity index (χ0n) is 8.87. The summed E-state index contributed by atoms with van der Waals surface area (Å²) in [6.07, 6.45) is 3.67. The molecule has 1 fully saturated rings. The van der Waals surface area contributed by atoms with Crippen molar-refractivity contribution >= 4 is 6.09 Å². The van der Waals surface area contributed by atoms with Crippen LogP contribution in [0.15, 0.2) is 24.5 Å². The van der Waals surface area contributed by atoms with Gasteiger partial charge in [-0.1, -0.05) is 0 Å². The van der Waals surface area contributed by atoms with Gasteiger partial charge in [0.05, 0.1) is 19.3 Å². The fourth-order valence-electron chi connectivity index (χ4n) is 1.74. The molecule has 1 atom stereocenters. The molecule has 0 radical (unpaired) electrons. The number of ether oxygens (including phenoxy) is 1. The summed E-state index contributed by atoms with van der Waals surface area (Å²) in [5, 5.41) is 9.20. The number of pyridine rings is 1. The van der Waals surface area contributed by atoms with Gasteiger partial charge in [0.2, 0.25) is 0 Å². The quantitative estimate of drug-likeness (QED) is 0.821. The van der Waals surface area contributed by atoms with E-state index in [0.29, 0.717) is 19.6 Å². The lowest BCUT2D eigenvalue weighted by Crippen LogP contribution is -2.46. The Labute approximate surface area is 93.7 Å². The molecule has 0 saturated carbocycles. The second-order valence-corrected chi connectivity index (χ2v) is 3.72. The molecule has 1 saturated heterocycles. The van der Waals surface area contributed by atoms with Gasteiger partial charge in [-0.25, -0.2) is 4.79 Å². The molecular formula is C11H14N2O3. The number of rotatable bonds is 3. The molecule has 2 rings (SSSR count). The average Bonchev–Trinajstić information content (AvgIpc) is 2.33. The van der Waals surface area contributed by atoms with E-state index in [-0.39, 0.29) is 18.7 Å². The number of aliphatic hydroxyl groups excluding tert-OH is 1. The number of carbonyl (C=O) groups is 1. The van der Waals surface area contributed by atoms with Crippen LogP contribution in [-0.4, -0.2) is 40.3 Å². The zero-order valence-corrected chi connectivity index (χ0v) is 8.87. The molecule has 1 aromatic rings. The van der Waals surface area contributed by atoms with Gasteiger partial charge in [-0.2, -0.15) is 0 Å². The van der Waals surface area contributed by atoms with Crippen LogP contribution in [0.25, 0.3) is 0 Å². The minimum Gasteiger partial charge on any atom is -0.449 e. The van der Waals surface area contributed by atoms with Crippen LogP contribution in [0.5, 0.6) is 0 Å². The normalized spacial score (nSPS) is 20.7. The van der Waals surface area contributed by atoms with E-state index in [1.807, 2.05) is 12.1 Å². The zero-order chi connectivity index (χ0) is 11.4. The van der Waals surface area contributed by atoms with E-state index in [1.54, 1.807) is 17.3 Å². The summed E-state index contributed by atoms with van der Waals surface area (Å²) in [4.78, 5) is 17.0. The second kappa shape index (κ2) is 4.94. The first kappa shape index (κ1) is 10.9. The molecule has 5 nitrogen and oxygen atoms in total. The molecule has 0 spiro atoms. The molecule has 5 heteroatoms. The van der Waals surface area contributed by atoms with E-state index in [0.717, 1.165) is 5.56 Å². The Morgan fingerprint density at radius 3 is 2.94 bits per heavy atom. The smallest absolute Gasteiger partial charge is 0.410 e. The highest BCUT2D eigenvalue weighted by Gasteiger charge is 2.28. The van der Waals surface area contributed by atoms with Gasteiger partial charge < -0.3 is 9.84 Å². The topological polar surface area (TPSA) is 62.7 Å². The maximum absolute atomic E-state index is 11.5. The maximum Gasteiger partial charge on any atom is 0.410 e. The van der Waals surface area contributed by atoms with E-state index < -0.39 is 0 Å². The highest BCUT2D eigenvalue weighted by molar-refractivity contribution is 5.68. The van der Waals surface area contributed by atoms with Gasteiger partial charge in [0, 0.05) is 25.4 Å². The lowest BCUT2D eigenvalue weighted by Gasteiger charge is -2.33. The third-order valence-electron chi connectivity index (χ3n) is 2.66. The molecular weight excluding hydrogens is 208 g/mol. The maximum atomic E-state index is 11.5. The first-order valence-corrected chi connectivity index (χ1v) is 5.24. The van der Waals surface area contributed by atoms with Gasteiger partial charge in [0.1, 0.15) is 0 Å². The third-order valence-corrected chi connectivity index (χ3v) is 2.66. The Kier molecular flexibility index (Phi) is 3.36. The number of hydrogen-bond donors (Lipinski definition) is 1. The summed E-state index contributed by atoms with van der Waals surface area (Å²) >= 11 is 0. The van der Waals surface area contributed by atoms with Crippen molar-refractivity contribution in [2.75, 3.05) is 13.2 Å². The fraction of sp³-hybridized carbons (Fsp3) is 0.455. The summed E-state index contributed by atoms with van der Waals surface area (Å²) in [7, 11) is 0. The number of carbonyl (C=O) groups excluding carboxylic acids is 1. The summed E-state index contributed by atoms with van der Waals surface area (Å²) in [5.74, 6) is 0. The van der Waals surface area contributed by atoms with Crippen molar-refractivity contribution in [1.82, 2.24) is 9.88 Å². The Morgan fingerprint density at radius 2 is 2.25 bits per heavy atom. The molecule has 16 heavy (non-hydrogen) atoms. The average molecular weight is 222 g/mol. The van der Waals surface area contributed by atoms with Crippen LogP contribution < -0.4 is 0 Å².